The minimum Gasteiger partial charge on any atom is -0.367 e. The number of aryl methyl sites for hydroxylation is 1. The maximum Gasteiger partial charge on any atom is 0.335 e. The van der Waals surface area contributed by atoms with E-state index in [1.807, 2.05) is 6.07 Å². The Bertz CT molecular complexity index is 1550. The van der Waals surface area contributed by atoms with Gasteiger partial charge in [-0.05, 0) is 67.2 Å². The van der Waals surface area contributed by atoms with E-state index in [0.717, 1.165) is 26.8 Å². The van der Waals surface area contributed by atoms with Gasteiger partial charge in [0, 0.05) is 26.3 Å². The Hall–Kier alpha value is -4.80. The number of carbonyl (C=O) groups excluding carboxylic acids is 6. The van der Waals surface area contributed by atoms with Gasteiger partial charge in [0.25, 0.3) is 11.8 Å². The van der Waals surface area contributed by atoms with Crippen LogP contribution in [0.1, 0.15) is 29.5 Å². The smallest absolute Gasteiger partial charge is 0.335 e. The highest BCUT2D eigenvalue weighted by Gasteiger charge is 2.63. The van der Waals surface area contributed by atoms with Crippen LogP contribution in [-0.4, -0.2) is 72.2 Å². The molecule has 3 fully saturated rings. The summed E-state index contributed by atoms with van der Waals surface area (Å²) in [6, 6.07) is 10.4. The Morgan fingerprint density at radius 1 is 0.925 bits per heavy atom. The number of urea groups is 2. The molecule has 11 nitrogen and oxygen atoms in total. The zero-order valence-electron chi connectivity index (χ0n) is 22.3. The number of barbiturate groups is 2. The molecule has 6 rings (SSSR count). The van der Waals surface area contributed by atoms with E-state index >= 15 is 0 Å². The standard InChI is InChI=1S/C29H27N5O6/c1-16-7-4-5-8-20(16)34-24(36)19(23(35)30-27(34)39)14-17-10-11-21-18(13-17)15-29(22-9-6-12-33(21)22)25(37)31(2)28(40)32(3)26(29)38/h4-5,7-8,10-11,13-14,22H,6,9,12,15H2,1-3H3,(H,30,35,39)/b19-14+/t22-/m1/s1. The summed E-state index contributed by atoms with van der Waals surface area (Å²) < 4.78 is 0. The van der Waals surface area contributed by atoms with Crippen LogP contribution in [0.2, 0.25) is 0 Å². The molecule has 2 aromatic carbocycles. The van der Waals surface area contributed by atoms with Gasteiger partial charge in [-0.1, -0.05) is 24.3 Å². The van der Waals surface area contributed by atoms with Gasteiger partial charge in [0.2, 0.25) is 11.8 Å². The number of benzene rings is 2. The Balaban J connectivity index is 1.42. The molecule has 11 heteroatoms. The zero-order valence-corrected chi connectivity index (χ0v) is 22.3. The lowest BCUT2D eigenvalue weighted by molar-refractivity contribution is -0.159. The minimum absolute atomic E-state index is 0.0775. The molecule has 204 valence electrons. The number of nitrogens with one attached hydrogen (secondary N) is 1. The molecular formula is C29H27N5O6. The first-order valence-electron chi connectivity index (χ1n) is 13.0. The predicted octanol–water partition coefficient (Wildman–Crippen LogP) is 2.22. The van der Waals surface area contributed by atoms with Crippen molar-refractivity contribution in [2.45, 2.75) is 32.2 Å². The molecule has 0 bridgehead atoms. The summed E-state index contributed by atoms with van der Waals surface area (Å²) in [6.45, 7) is 2.41. The van der Waals surface area contributed by atoms with E-state index in [1.54, 1.807) is 43.3 Å². The highest BCUT2D eigenvalue weighted by molar-refractivity contribution is 6.39. The van der Waals surface area contributed by atoms with Crippen LogP contribution < -0.4 is 15.1 Å². The normalized spacial score (nSPS) is 23.3. The molecule has 4 aliphatic heterocycles. The molecule has 1 spiro atoms. The van der Waals surface area contributed by atoms with Crippen molar-refractivity contribution in [2.24, 2.45) is 5.41 Å². The first kappa shape index (κ1) is 25.5. The van der Waals surface area contributed by atoms with Crippen LogP contribution in [0, 0.1) is 12.3 Å². The molecular weight excluding hydrogens is 514 g/mol. The molecule has 2 aromatic rings. The second kappa shape index (κ2) is 8.87. The Labute approximate surface area is 230 Å². The number of imide groups is 4. The summed E-state index contributed by atoms with van der Waals surface area (Å²) in [6.07, 6.45) is 2.91. The second-order valence-corrected chi connectivity index (χ2v) is 10.6. The highest BCUT2D eigenvalue weighted by atomic mass is 16.2. The van der Waals surface area contributed by atoms with Crippen LogP contribution in [0.3, 0.4) is 0 Å². The van der Waals surface area contributed by atoms with E-state index in [-0.39, 0.29) is 18.0 Å². The molecule has 4 heterocycles. The van der Waals surface area contributed by atoms with Gasteiger partial charge in [0.1, 0.15) is 5.57 Å². The lowest BCUT2D eigenvalue weighted by Gasteiger charge is -2.50. The fourth-order valence-corrected chi connectivity index (χ4v) is 6.48. The Morgan fingerprint density at radius 2 is 1.62 bits per heavy atom. The average Bonchev–Trinajstić information content (AvgIpc) is 3.44. The van der Waals surface area contributed by atoms with Gasteiger partial charge in [0.05, 0.1) is 11.7 Å². The summed E-state index contributed by atoms with van der Waals surface area (Å²) in [7, 11) is 2.78. The fraction of sp³-hybridized carbons (Fsp3) is 0.310. The van der Waals surface area contributed by atoms with Gasteiger partial charge in [-0.15, -0.1) is 0 Å². The van der Waals surface area contributed by atoms with Crippen LogP contribution in [0.25, 0.3) is 6.08 Å². The van der Waals surface area contributed by atoms with E-state index in [1.165, 1.54) is 20.2 Å². The molecule has 3 saturated heterocycles. The summed E-state index contributed by atoms with van der Waals surface area (Å²) in [5.41, 5.74) is 1.44. The average molecular weight is 542 g/mol. The fourth-order valence-electron chi connectivity index (χ4n) is 6.48. The van der Waals surface area contributed by atoms with E-state index < -0.39 is 41.1 Å². The third kappa shape index (κ3) is 3.43. The van der Waals surface area contributed by atoms with Crippen molar-refractivity contribution >= 4 is 53.1 Å². The summed E-state index contributed by atoms with van der Waals surface area (Å²) >= 11 is 0. The predicted molar refractivity (Wildman–Crippen MR) is 144 cm³/mol. The number of hydrogen-bond acceptors (Lipinski definition) is 7. The van der Waals surface area contributed by atoms with E-state index in [2.05, 4.69) is 10.2 Å². The van der Waals surface area contributed by atoms with Gasteiger partial charge in [-0.3, -0.25) is 34.3 Å². The molecule has 0 radical (unpaired) electrons. The van der Waals surface area contributed by atoms with Gasteiger partial charge < -0.3 is 4.90 Å². The zero-order chi connectivity index (χ0) is 28.5. The molecule has 8 amide bonds. The maximum atomic E-state index is 13.6. The second-order valence-electron chi connectivity index (χ2n) is 10.6. The van der Waals surface area contributed by atoms with E-state index in [4.69, 9.17) is 0 Å². The SMILES string of the molecule is Cc1ccccc1N1C(=O)NC(=O)/C(=C\c2ccc3c(c2)CC2(C(=O)N(C)C(=O)N(C)C2=O)[C@H]2CCCN32)C1=O. The largest absolute Gasteiger partial charge is 0.367 e. The van der Waals surface area contributed by atoms with E-state index in [9.17, 15) is 28.8 Å². The maximum absolute atomic E-state index is 13.6. The topological polar surface area (TPSA) is 127 Å². The number of nitrogens with zero attached hydrogens (tertiary/aromatic N) is 4. The minimum atomic E-state index is -1.46. The lowest BCUT2D eigenvalue weighted by Crippen LogP contribution is -2.70. The first-order chi connectivity index (χ1) is 19.1. The van der Waals surface area contributed by atoms with Crippen molar-refractivity contribution in [1.29, 1.82) is 0 Å². The summed E-state index contributed by atoms with van der Waals surface area (Å²) in [5.74, 6) is -2.62. The van der Waals surface area contributed by atoms with Crippen molar-refractivity contribution < 1.29 is 28.8 Å². The third-order valence-electron chi connectivity index (χ3n) is 8.42. The van der Waals surface area contributed by atoms with Gasteiger partial charge in [0.15, 0.2) is 5.41 Å². The van der Waals surface area contributed by atoms with Gasteiger partial charge in [-0.25, -0.2) is 14.5 Å². The van der Waals surface area contributed by atoms with Crippen LogP contribution in [-0.2, 0) is 25.6 Å². The molecule has 40 heavy (non-hydrogen) atoms. The number of amides is 8. The van der Waals surface area contributed by atoms with Crippen molar-refractivity contribution in [3.63, 3.8) is 0 Å². The van der Waals surface area contributed by atoms with Crippen LogP contribution >= 0.6 is 0 Å². The van der Waals surface area contributed by atoms with Crippen molar-refractivity contribution in [3.05, 3.63) is 64.7 Å². The molecule has 0 unspecified atom stereocenters. The number of para-hydroxylation sites is 1. The number of carbonyl (C=O) groups is 6. The molecule has 1 N–H and O–H groups in total. The molecule has 0 saturated carbocycles. The van der Waals surface area contributed by atoms with Crippen LogP contribution in [0.15, 0.2) is 48.0 Å². The van der Waals surface area contributed by atoms with Crippen LogP contribution in [0.4, 0.5) is 21.0 Å². The quantitative estimate of drug-likeness (QED) is 0.351. The third-order valence-corrected chi connectivity index (χ3v) is 8.42. The van der Waals surface area contributed by atoms with Crippen molar-refractivity contribution in [2.75, 3.05) is 30.4 Å². The Morgan fingerprint density at radius 3 is 2.33 bits per heavy atom. The summed E-state index contributed by atoms with van der Waals surface area (Å²) in [4.78, 5) is 83.6. The number of hydrogen-bond donors (Lipinski definition) is 1. The number of rotatable bonds is 2. The monoisotopic (exact) mass is 541 g/mol. The van der Waals surface area contributed by atoms with Crippen molar-refractivity contribution in [1.82, 2.24) is 15.1 Å². The molecule has 0 aromatic heterocycles. The number of fused-ring (bicyclic) bond motifs is 4. The molecule has 4 aliphatic rings. The number of anilines is 2. The molecule has 1 atom stereocenters. The lowest BCUT2D eigenvalue weighted by atomic mass is 9.68. The van der Waals surface area contributed by atoms with Crippen LogP contribution in [0.5, 0.6) is 0 Å². The highest BCUT2D eigenvalue weighted by Crippen LogP contribution is 2.49. The van der Waals surface area contributed by atoms with Crippen molar-refractivity contribution in [3.8, 4) is 0 Å². The Kier molecular flexibility index (Phi) is 5.65. The molecule has 0 aliphatic carbocycles. The first-order valence-corrected chi connectivity index (χ1v) is 13.0. The van der Waals surface area contributed by atoms with E-state index in [0.29, 0.717) is 35.3 Å². The van der Waals surface area contributed by atoms with Gasteiger partial charge in [-0.2, -0.15) is 0 Å². The summed E-state index contributed by atoms with van der Waals surface area (Å²) in [5, 5.41) is 2.24. The van der Waals surface area contributed by atoms with Gasteiger partial charge >= 0.3 is 12.1 Å².